The van der Waals surface area contributed by atoms with Crippen molar-refractivity contribution >= 4 is 17.7 Å². The summed E-state index contributed by atoms with van der Waals surface area (Å²) in [7, 11) is 0. The molecule has 0 aliphatic carbocycles. The Balaban J connectivity index is 2.58. The Kier molecular flexibility index (Phi) is 5.93. The number of aliphatic hydroxyl groups excluding tert-OH is 1. The van der Waals surface area contributed by atoms with Crippen molar-refractivity contribution in [2.75, 3.05) is 13.2 Å². The van der Waals surface area contributed by atoms with E-state index in [0.29, 0.717) is 18.7 Å². The van der Waals surface area contributed by atoms with Gasteiger partial charge in [-0.3, -0.25) is 4.79 Å². The molecule has 0 radical (unpaired) electrons. The van der Waals surface area contributed by atoms with Crippen molar-refractivity contribution in [1.29, 1.82) is 0 Å². The summed E-state index contributed by atoms with van der Waals surface area (Å²) < 4.78 is 0. The Morgan fingerprint density at radius 2 is 2.29 bits per heavy atom. The molecule has 0 aromatic carbocycles. The highest BCUT2D eigenvalue weighted by Gasteiger charge is 2.09. The van der Waals surface area contributed by atoms with Crippen LogP contribution in [0.2, 0.25) is 0 Å². The normalized spacial score (nSPS) is 12.2. The summed E-state index contributed by atoms with van der Waals surface area (Å²) >= 11 is 1.54. The van der Waals surface area contributed by atoms with Gasteiger partial charge in [-0.1, -0.05) is 6.92 Å². The van der Waals surface area contributed by atoms with E-state index in [9.17, 15) is 4.79 Å². The zero-order chi connectivity index (χ0) is 12.7. The molecule has 17 heavy (non-hydrogen) atoms. The maximum absolute atomic E-state index is 11.4. The predicted octanol–water partition coefficient (Wildman–Crippen LogP) is 1.09. The molecular weight excluding hydrogens is 238 g/mol. The molecule has 0 aliphatic heterocycles. The third kappa shape index (κ3) is 4.70. The highest BCUT2D eigenvalue weighted by molar-refractivity contribution is 7.99. The van der Waals surface area contributed by atoms with Gasteiger partial charge in [-0.15, -0.1) is 22.0 Å². The zero-order valence-electron chi connectivity index (χ0n) is 10.0. The second-order valence-corrected chi connectivity index (χ2v) is 5.02. The average Bonchev–Trinajstić information content (AvgIpc) is 2.30. The minimum Gasteiger partial charge on any atom is -0.396 e. The lowest BCUT2D eigenvalue weighted by Gasteiger charge is -2.08. The molecular formula is C11H17N3O2S. The second-order valence-electron chi connectivity index (χ2n) is 3.56. The van der Waals surface area contributed by atoms with Crippen molar-refractivity contribution in [2.45, 2.75) is 30.5 Å². The minimum atomic E-state index is -0.208. The lowest BCUT2D eigenvalue weighted by Crippen LogP contribution is -2.24. The number of carbonyl (C=O) groups is 1. The van der Waals surface area contributed by atoms with E-state index < -0.39 is 0 Å². The van der Waals surface area contributed by atoms with Crippen LogP contribution in [-0.4, -0.2) is 39.6 Å². The van der Waals surface area contributed by atoms with Crippen LogP contribution in [0.3, 0.4) is 0 Å². The van der Waals surface area contributed by atoms with E-state index >= 15 is 0 Å². The van der Waals surface area contributed by atoms with Crippen LogP contribution >= 0.6 is 11.8 Å². The molecule has 0 fully saturated rings. The number of nitrogens with zero attached hydrogens (tertiary/aromatic N) is 2. The molecule has 6 heteroatoms. The molecule has 1 heterocycles. The van der Waals surface area contributed by atoms with Gasteiger partial charge < -0.3 is 10.4 Å². The number of thioether (sulfide) groups is 1. The number of hydrogen-bond donors (Lipinski definition) is 2. The molecule has 1 atom stereocenters. The monoisotopic (exact) mass is 255 g/mol. The van der Waals surface area contributed by atoms with Gasteiger partial charge in [-0.05, 0) is 25.5 Å². The number of amides is 1. The maximum atomic E-state index is 11.4. The van der Waals surface area contributed by atoms with Crippen molar-refractivity contribution in [3.05, 3.63) is 17.8 Å². The van der Waals surface area contributed by atoms with Crippen LogP contribution in [0.15, 0.2) is 17.2 Å². The minimum absolute atomic E-state index is 0.165. The Labute approximate surface area is 105 Å². The van der Waals surface area contributed by atoms with Crippen molar-refractivity contribution in [1.82, 2.24) is 15.5 Å². The summed E-state index contributed by atoms with van der Waals surface area (Å²) in [6, 6.07) is 3.43. The molecule has 5 nitrogen and oxygen atoms in total. The molecule has 1 aromatic heterocycles. The fourth-order valence-electron chi connectivity index (χ4n) is 1.20. The maximum Gasteiger partial charge on any atom is 0.271 e. The number of aromatic nitrogens is 2. The first-order valence-corrected chi connectivity index (χ1v) is 6.44. The van der Waals surface area contributed by atoms with Gasteiger partial charge in [0.05, 0.1) is 0 Å². The van der Waals surface area contributed by atoms with E-state index in [2.05, 4.69) is 15.5 Å². The summed E-state index contributed by atoms with van der Waals surface area (Å²) in [5, 5.41) is 20.3. The van der Waals surface area contributed by atoms with Gasteiger partial charge in [0.15, 0.2) is 5.69 Å². The summed E-state index contributed by atoms with van der Waals surface area (Å²) in [4.78, 5) is 11.4. The first-order chi connectivity index (χ1) is 8.17. The third-order valence-electron chi connectivity index (χ3n) is 2.07. The van der Waals surface area contributed by atoms with E-state index in [1.807, 2.05) is 13.8 Å². The van der Waals surface area contributed by atoms with Gasteiger partial charge >= 0.3 is 0 Å². The Bertz CT molecular complexity index is 356. The van der Waals surface area contributed by atoms with E-state index in [1.165, 1.54) is 11.8 Å². The van der Waals surface area contributed by atoms with Crippen LogP contribution in [0.5, 0.6) is 0 Å². The van der Waals surface area contributed by atoms with Crippen LogP contribution in [0.25, 0.3) is 0 Å². The molecule has 1 amide bonds. The molecule has 1 unspecified atom stereocenters. The molecule has 0 saturated carbocycles. The van der Waals surface area contributed by atoms with E-state index in [-0.39, 0.29) is 17.8 Å². The summed E-state index contributed by atoms with van der Waals surface area (Å²) in [5.41, 5.74) is 0.325. The Morgan fingerprint density at radius 1 is 1.53 bits per heavy atom. The van der Waals surface area contributed by atoms with E-state index in [4.69, 9.17) is 5.11 Å². The largest absolute Gasteiger partial charge is 0.396 e. The first kappa shape index (κ1) is 13.9. The van der Waals surface area contributed by atoms with Crippen molar-refractivity contribution < 1.29 is 9.90 Å². The highest BCUT2D eigenvalue weighted by Crippen LogP contribution is 2.22. The molecule has 2 N–H and O–H groups in total. The third-order valence-corrected chi connectivity index (χ3v) is 3.16. The molecule has 1 rings (SSSR count). The van der Waals surface area contributed by atoms with Crippen molar-refractivity contribution in [2.24, 2.45) is 0 Å². The standard InChI is InChI=1S/C11H17N3O2S/c1-3-12-11(16)9-4-5-10(14-13-9)17-8(2)6-7-15/h4-5,8,15H,3,6-7H2,1-2H3,(H,12,16). The topological polar surface area (TPSA) is 75.1 Å². The zero-order valence-corrected chi connectivity index (χ0v) is 10.8. The Hall–Kier alpha value is -1.14. The summed E-state index contributed by atoms with van der Waals surface area (Å²) in [6.07, 6.45) is 0.713. The van der Waals surface area contributed by atoms with E-state index in [1.54, 1.807) is 12.1 Å². The molecule has 0 bridgehead atoms. The van der Waals surface area contributed by atoms with Crippen LogP contribution in [0.1, 0.15) is 30.8 Å². The number of aliphatic hydroxyl groups is 1. The predicted molar refractivity (Wildman–Crippen MR) is 67.1 cm³/mol. The SMILES string of the molecule is CCNC(=O)c1ccc(SC(C)CCO)nn1. The average molecular weight is 255 g/mol. The number of nitrogens with one attached hydrogen (secondary N) is 1. The fraction of sp³-hybridized carbons (Fsp3) is 0.545. The second kappa shape index (κ2) is 7.24. The summed E-state index contributed by atoms with van der Waals surface area (Å²) in [5.74, 6) is -0.208. The highest BCUT2D eigenvalue weighted by atomic mass is 32.2. The van der Waals surface area contributed by atoms with Gasteiger partial charge in [0.2, 0.25) is 0 Å². The molecule has 0 spiro atoms. The van der Waals surface area contributed by atoms with Gasteiger partial charge in [0.1, 0.15) is 5.03 Å². The summed E-state index contributed by atoms with van der Waals surface area (Å²) in [6.45, 7) is 4.61. The molecule has 1 aromatic rings. The van der Waals surface area contributed by atoms with Crippen LogP contribution in [-0.2, 0) is 0 Å². The fourth-order valence-corrected chi connectivity index (χ4v) is 2.07. The van der Waals surface area contributed by atoms with Crippen LogP contribution < -0.4 is 5.32 Å². The van der Waals surface area contributed by atoms with E-state index in [0.717, 1.165) is 5.03 Å². The lowest BCUT2D eigenvalue weighted by atomic mass is 10.3. The van der Waals surface area contributed by atoms with Gasteiger partial charge in [-0.25, -0.2) is 0 Å². The van der Waals surface area contributed by atoms with Crippen LogP contribution in [0, 0.1) is 0 Å². The lowest BCUT2D eigenvalue weighted by molar-refractivity contribution is 0.0949. The Morgan fingerprint density at radius 3 is 2.82 bits per heavy atom. The van der Waals surface area contributed by atoms with Gasteiger partial charge in [0, 0.05) is 18.4 Å². The molecule has 0 saturated heterocycles. The number of hydrogen-bond acceptors (Lipinski definition) is 5. The molecule has 0 aliphatic rings. The molecule has 94 valence electrons. The van der Waals surface area contributed by atoms with Gasteiger partial charge in [-0.2, -0.15) is 0 Å². The quantitative estimate of drug-likeness (QED) is 0.744. The first-order valence-electron chi connectivity index (χ1n) is 5.56. The number of rotatable bonds is 6. The van der Waals surface area contributed by atoms with Crippen molar-refractivity contribution in [3.63, 3.8) is 0 Å². The smallest absolute Gasteiger partial charge is 0.271 e. The van der Waals surface area contributed by atoms with Crippen molar-refractivity contribution in [3.8, 4) is 0 Å². The number of carbonyl (C=O) groups excluding carboxylic acids is 1. The van der Waals surface area contributed by atoms with Gasteiger partial charge in [0.25, 0.3) is 5.91 Å². The van der Waals surface area contributed by atoms with Crippen LogP contribution in [0.4, 0.5) is 0 Å².